The standard InChI is InChI=1S/C18H24FN3O2/c1-21(15-7-3-2-4-8-15)18(24)20-14-11-17(23)22(12-14)16-9-5-6-13(19)10-16/h5-6,9-10,14-15H,2-4,7-8,11-12H2,1H3,(H,20,24)/t14-/m1/s1. The highest BCUT2D eigenvalue weighted by molar-refractivity contribution is 5.96. The maximum atomic E-state index is 13.4. The summed E-state index contributed by atoms with van der Waals surface area (Å²) in [6, 6.07) is 5.91. The molecule has 1 aliphatic carbocycles. The van der Waals surface area contributed by atoms with E-state index in [9.17, 15) is 14.0 Å². The van der Waals surface area contributed by atoms with E-state index in [-0.39, 0.29) is 36.3 Å². The summed E-state index contributed by atoms with van der Waals surface area (Å²) in [6.45, 7) is 0.381. The maximum absolute atomic E-state index is 13.4. The second-order valence-electron chi connectivity index (χ2n) is 6.74. The van der Waals surface area contributed by atoms with Crippen LogP contribution in [0.3, 0.4) is 0 Å². The summed E-state index contributed by atoms with van der Waals surface area (Å²) < 4.78 is 13.4. The Balaban J connectivity index is 1.58. The zero-order chi connectivity index (χ0) is 17.1. The third-order valence-electron chi connectivity index (χ3n) is 5.02. The van der Waals surface area contributed by atoms with Gasteiger partial charge in [0.25, 0.3) is 0 Å². The van der Waals surface area contributed by atoms with Crippen LogP contribution in [0.2, 0.25) is 0 Å². The number of benzene rings is 1. The van der Waals surface area contributed by atoms with Gasteiger partial charge in [0.15, 0.2) is 0 Å². The largest absolute Gasteiger partial charge is 0.333 e. The Labute approximate surface area is 141 Å². The lowest BCUT2D eigenvalue weighted by atomic mass is 9.95. The molecule has 3 amide bonds. The first-order valence-corrected chi connectivity index (χ1v) is 8.64. The Morgan fingerprint density at radius 3 is 2.75 bits per heavy atom. The lowest BCUT2D eigenvalue weighted by Gasteiger charge is -2.32. The van der Waals surface area contributed by atoms with Crippen molar-refractivity contribution in [2.45, 2.75) is 50.6 Å². The van der Waals surface area contributed by atoms with E-state index in [0.29, 0.717) is 12.2 Å². The lowest BCUT2D eigenvalue weighted by Crippen LogP contribution is -2.48. The zero-order valence-electron chi connectivity index (χ0n) is 14.0. The van der Waals surface area contributed by atoms with Crippen molar-refractivity contribution in [2.24, 2.45) is 0 Å². The van der Waals surface area contributed by atoms with Gasteiger partial charge in [-0.25, -0.2) is 9.18 Å². The summed E-state index contributed by atoms with van der Waals surface area (Å²) in [5.74, 6) is -0.462. The number of nitrogens with one attached hydrogen (secondary N) is 1. The van der Waals surface area contributed by atoms with Crippen LogP contribution in [0.4, 0.5) is 14.9 Å². The fraction of sp³-hybridized carbons (Fsp3) is 0.556. The molecule has 130 valence electrons. The maximum Gasteiger partial charge on any atom is 0.317 e. The van der Waals surface area contributed by atoms with Crippen molar-refractivity contribution >= 4 is 17.6 Å². The molecule has 1 saturated heterocycles. The lowest BCUT2D eigenvalue weighted by molar-refractivity contribution is -0.117. The zero-order valence-corrected chi connectivity index (χ0v) is 14.0. The minimum absolute atomic E-state index is 0.0915. The second-order valence-corrected chi connectivity index (χ2v) is 6.74. The molecule has 24 heavy (non-hydrogen) atoms. The highest BCUT2D eigenvalue weighted by Gasteiger charge is 2.33. The average Bonchev–Trinajstić information content (AvgIpc) is 2.95. The summed E-state index contributed by atoms with van der Waals surface area (Å²) >= 11 is 0. The Kier molecular flexibility index (Phi) is 5.02. The molecule has 0 spiro atoms. The van der Waals surface area contributed by atoms with Crippen LogP contribution in [0.25, 0.3) is 0 Å². The number of anilines is 1. The quantitative estimate of drug-likeness (QED) is 0.925. The van der Waals surface area contributed by atoms with Gasteiger partial charge in [-0.15, -0.1) is 0 Å². The van der Waals surface area contributed by atoms with Crippen molar-refractivity contribution in [2.75, 3.05) is 18.5 Å². The van der Waals surface area contributed by atoms with Crippen LogP contribution in [0.15, 0.2) is 24.3 Å². The van der Waals surface area contributed by atoms with E-state index < -0.39 is 0 Å². The third kappa shape index (κ3) is 3.68. The molecule has 2 aliphatic rings. The molecule has 6 heteroatoms. The Hall–Kier alpha value is -2.11. The van der Waals surface area contributed by atoms with E-state index in [1.165, 1.54) is 23.5 Å². The SMILES string of the molecule is CN(C(=O)N[C@@H]1CC(=O)N(c2cccc(F)c2)C1)C1CCCCC1. The molecule has 1 aliphatic heterocycles. The summed E-state index contributed by atoms with van der Waals surface area (Å²) in [5, 5.41) is 2.95. The molecule has 0 radical (unpaired) electrons. The van der Waals surface area contributed by atoms with Crippen LogP contribution in [0.5, 0.6) is 0 Å². The average molecular weight is 333 g/mol. The van der Waals surface area contributed by atoms with Gasteiger partial charge in [-0.3, -0.25) is 4.79 Å². The number of urea groups is 1. The van der Waals surface area contributed by atoms with E-state index in [1.54, 1.807) is 17.0 Å². The van der Waals surface area contributed by atoms with Gasteiger partial charge in [0.1, 0.15) is 5.82 Å². The van der Waals surface area contributed by atoms with Crippen LogP contribution in [-0.2, 0) is 4.79 Å². The first kappa shape index (κ1) is 16.7. The van der Waals surface area contributed by atoms with Crippen molar-refractivity contribution < 1.29 is 14.0 Å². The summed E-state index contributed by atoms with van der Waals surface area (Å²) in [4.78, 5) is 27.9. The van der Waals surface area contributed by atoms with Crippen molar-refractivity contribution in [1.29, 1.82) is 0 Å². The monoisotopic (exact) mass is 333 g/mol. The molecule has 0 aromatic heterocycles. The molecule has 1 aromatic rings. The molecular formula is C18H24FN3O2. The number of rotatable bonds is 3. The minimum atomic E-state index is -0.371. The molecule has 0 bridgehead atoms. The fourth-order valence-electron chi connectivity index (χ4n) is 3.61. The number of amides is 3. The molecule has 1 heterocycles. The molecular weight excluding hydrogens is 309 g/mol. The molecule has 1 N–H and O–H groups in total. The van der Waals surface area contributed by atoms with Gasteiger partial charge in [-0.1, -0.05) is 25.3 Å². The van der Waals surface area contributed by atoms with Crippen molar-refractivity contribution in [3.63, 3.8) is 0 Å². The number of carbonyl (C=O) groups excluding carboxylic acids is 2. The van der Waals surface area contributed by atoms with Gasteiger partial charge in [0.2, 0.25) is 5.91 Å². The number of hydrogen-bond acceptors (Lipinski definition) is 2. The number of halogens is 1. The summed E-state index contributed by atoms with van der Waals surface area (Å²) in [6.07, 6.45) is 5.91. The number of nitrogens with zero attached hydrogens (tertiary/aromatic N) is 2. The topological polar surface area (TPSA) is 52.7 Å². The summed E-state index contributed by atoms with van der Waals surface area (Å²) in [7, 11) is 1.83. The fourth-order valence-corrected chi connectivity index (χ4v) is 3.61. The predicted octanol–water partition coefficient (Wildman–Crippen LogP) is 2.91. The van der Waals surface area contributed by atoms with Crippen molar-refractivity contribution in [1.82, 2.24) is 10.2 Å². The second kappa shape index (κ2) is 7.20. The van der Waals surface area contributed by atoms with Gasteiger partial charge in [0.05, 0.1) is 6.04 Å². The van der Waals surface area contributed by atoms with Crippen molar-refractivity contribution in [3.8, 4) is 0 Å². The Morgan fingerprint density at radius 1 is 1.29 bits per heavy atom. The van der Waals surface area contributed by atoms with Crippen LogP contribution in [-0.4, -0.2) is 42.5 Å². The predicted molar refractivity (Wildman–Crippen MR) is 90.3 cm³/mol. The first-order chi connectivity index (χ1) is 11.5. The third-order valence-corrected chi connectivity index (χ3v) is 5.02. The normalized spacial score (nSPS) is 21.8. The number of hydrogen-bond donors (Lipinski definition) is 1. The molecule has 1 aromatic carbocycles. The van der Waals surface area contributed by atoms with Crippen LogP contribution in [0.1, 0.15) is 38.5 Å². The van der Waals surface area contributed by atoms with Gasteiger partial charge in [0, 0.05) is 31.7 Å². The Bertz CT molecular complexity index is 616. The van der Waals surface area contributed by atoms with E-state index in [1.807, 2.05) is 7.05 Å². The van der Waals surface area contributed by atoms with Crippen LogP contribution >= 0.6 is 0 Å². The molecule has 5 nitrogen and oxygen atoms in total. The van der Waals surface area contributed by atoms with E-state index >= 15 is 0 Å². The molecule has 1 saturated carbocycles. The highest BCUT2D eigenvalue weighted by atomic mass is 19.1. The van der Waals surface area contributed by atoms with Crippen LogP contribution < -0.4 is 10.2 Å². The molecule has 0 unspecified atom stereocenters. The first-order valence-electron chi connectivity index (χ1n) is 8.64. The minimum Gasteiger partial charge on any atom is -0.333 e. The van der Waals surface area contributed by atoms with Gasteiger partial charge in [-0.05, 0) is 31.0 Å². The highest BCUT2D eigenvalue weighted by Crippen LogP contribution is 2.24. The summed E-state index contributed by atoms with van der Waals surface area (Å²) in [5.41, 5.74) is 0.539. The van der Waals surface area contributed by atoms with E-state index in [0.717, 1.165) is 25.7 Å². The number of carbonyl (C=O) groups is 2. The Morgan fingerprint density at radius 2 is 2.04 bits per heavy atom. The van der Waals surface area contributed by atoms with E-state index in [2.05, 4.69) is 5.32 Å². The molecule has 3 rings (SSSR count). The molecule has 1 atom stereocenters. The van der Waals surface area contributed by atoms with Crippen LogP contribution in [0, 0.1) is 5.82 Å². The van der Waals surface area contributed by atoms with Gasteiger partial charge in [-0.2, -0.15) is 0 Å². The van der Waals surface area contributed by atoms with Gasteiger partial charge < -0.3 is 15.1 Å². The van der Waals surface area contributed by atoms with Gasteiger partial charge >= 0.3 is 6.03 Å². The van der Waals surface area contributed by atoms with Crippen molar-refractivity contribution in [3.05, 3.63) is 30.1 Å². The molecule has 2 fully saturated rings. The smallest absolute Gasteiger partial charge is 0.317 e. The van der Waals surface area contributed by atoms with E-state index in [4.69, 9.17) is 0 Å².